The van der Waals surface area contributed by atoms with Gasteiger partial charge in [0.2, 0.25) is 5.91 Å². The van der Waals surface area contributed by atoms with Gasteiger partial charge in [-0.1, -0.05) is 36.4 Å². The van der Waals surface area contributed by atoms with Crippen molar-refractivity contribution in [3.05, 3.63) is 77.4 Å². The molecule has 2 aromatic carbocycles. The van der Waals surface area contributed by atoms with Gasteiger partial charge in [-0.25, -0.2) is 8.78 Å². The van der Waals surface area contributed by atoms with E-state index in [9.17, 15) is 13.6 Å². The highest BCUT2D eigenvalue weighted by atomic mass is 19.1. The molecule has 0 saturated carbocycles. The lowest BCUT2D eigenvalue weighted by Crippen LogP contribution is -2.19. The van der Waals surface area contributed by atoms with Gasteiger partial charge in [-0.05, 0) is 36.4 Å². The summed E-state index contributed by atoms with van der Waals surface area (Å²) in [6.45, 7) is 2.14. The van der Waals surface area contributed by atoms with Crippen LogP contribution in [0.4, 0.5) is 8.78 Å². The van der Waals surface area contributed by atoms with Crippen molar-refractivity contribution in [1.29, 1.82) is 0 Å². The molecule has 0 aliphatic carbocycles. The molecule has 0 N–H and O–H groups in total. The minimum atomic E-state index is -0.409. The normalized spacial score (nSPS) is 16.5. The molecule has 1 atom stereocenters. The molecule has 1 aliphatic rings. The molecular formula is C21H24F2N2O. The standard InChI is InChI=1S/C17H15F2N.C4H9NO/c1-20-11-13(15-10-14(18)7-8-16(15)19)9-17(20)12-5-3-2-4-6-12;1-4(6)5(2)3/h2-10,17H,11H2,1H3;1-3H3/t17-;/m0./s1. The molecule has 3 nitrogen and oxygen atoms in total. The zero-order valence-corrected chi connectivity index (χ0v) is 15.5. The summed E-state index contributed by atoms with van der Waals surface area (Å²) in [5.41, 5.74) is 2.34. The topological polar surface area (TPSA) is 23.6 Å². The number of likely N-dealkylation sites (N-methyl/N-ethyl adjacent to an activating group) is 1. The van der Waals surface area contributed by atoms with Crippen LogP contribution in [0.25, 0.3) is 5.57 Å². The van der Waals surface area contributed by atoms with E-state index >= 15 is 0 Å². The SMILES string of the molecule is CC(=O)N(C)C.CN1CC(c2cc(F)ccc2F)=C[C@H]1c1ccccc1. The molecule has 0 bridgehead atoms. The Balaban J connectivity index is 0.000000352. The van der Waals surface area contributed by atoms with Crippen LogP contribution in [0.1, 0.15) is 24.1 Å². The average Bonchev–Trinajstić information content (AvgIpc) is 3.00. The molecule has 0 radical (unpaired) electrons. The van der Waals surface area contributed by atoms with Crippen molar-refractivity contribution in [3.63, 3.8) is 0 Å². The van der Waals surface area contributed by atoms with Crippen molar-refractivity contribution in [2.75, 3.05) is 27.7 Å². The largest absolute Gasteiger partial charge is 0.349 e. The fourth-order valence-electron chi connectivity index (χ4n) is 2.66. The third kappa shape index (κ3) is 4.99. The summed E-state index contributed by atoms with van der Waals surface area (Å²) < 4.78 is 27.2. The minimum Gasteiger partial charge on any atom is -0.349 e. The van der Waals surface area contributed by atoms with E-state index in [0.717, 1.165) is 17.2 Å². The van der Waals surface area contributed by atoms with Gasteiger partial charge in [-0.3, -0.25) is 9.69 Å². The highest BCUT2D eigenvalue weighted by Crippen LogP contribution is 2.34. The maximum Gasteiger partial charge on any atom is 0.218 e. The van der Waals surface area contributed by atoms with Gasteiger partial charge < -0.3 is 4.90 Å². The summed E-state index contributed by atoms with van der Waals surface area (Å²) in [5.74, 6) is -0.692. The third-order valence-corrected chi connectivity index (χ3v) is 4.30. The first kappa shape index (κ1) is 19.8. The molecule has 26 heavy (non-hydrogen) atoms. The van der Waals surface area contributed by atoms with Gasteiger partial charge in [-0.15, -0.1) is 0 Å². The molecule has 3 rings (SSSR count). The summed E-state index contributed by atoms with van der Waals surface area (Å²) in [6, 6.07) is 13.7. The number of carbonyl (C=O) groups is 1. The summed E-state index contributed by atoms with van der Waals surface area (Å²) >= 11 is 0. The molecule has 1 amide bonds. The maximum atomic E-state index is 13.9. The molecule has 0 unspecified atom stereocenters. The highest BCUT2D eigenvalue weighted by molar-refractivity contribution is 5.72. The molecule has 2 aromatic rings. The lowest BCUT2D eigenvalue weighted by atomic mass is 10.0. The van der Waals surface area contributed by atoms with Crippen LogP contribution in [0.3, 0.4) is 0 Å². The predicted molar refractivity (Wildman–Crippen MR) is 101 cm³/mol. The fraction of sp³-hybridized carbons (Fsp3) is 0.286. The van der Waals surface area contributed by atoms with Gasteiger partial charge in [0.25, 0.3) is 0 Å². The van der Waals surface area contributed by atoms with Gasteiger partial charge in [0.05, 0.1) is 6.04 Å². The Morgan fingerprint density at radius 2 is 1.73 bits per heavy atom. The van der Waals surface area contributed by atoms with Crippen LogP contribution in [0, 0.1) is 11.6 Å². The summed E-state index contributed by atoms with van der Waals surface area (Å²) in [6.07, 6.45) is 2.01. The number of nitrogens with zero attached hydrogens (tertiary/aromatic N) is 2. The lowest BCUT2D eigenvalue weighted by Gasteiger charge is -2.19. The zero-order chi connectivity index (χ0) is 19.3. The highest BCUT2D eigenvalue weighted by Gasteiger charge is 2.25. The van der Waals surface area contributed by atoms with E-state index < -0.39 is 5.82 Å². The summed E-state index contributed by atoms with van der Waals surface area (Å²) in [5, 5.41) is 0. The molecule has 0 fully saturated rings. The summed E-state index contributed by atoms with van der Waals surface area (Å²) in [4.78, 5) is 13.7. The Hall–Kier alpha value is -2.53. The van der Waals surface area contributed by atoms with Crippen molar-refractivity contribution in [2.24, 2.45) is 0 Å². The molecule has 1 aliphatic heterocycles. The second-order valence-corrected chi connectivity index (χ2v) is 6.50. The van der Waals surface area contributed by atoms with Gasteiger partial charge in [0, 0.05) is 33.1 Å². The number of halogens is 2. The van der Waals surface area contributed by atoms with Crippen molar-refractivity contribution in [3.8, 4) is 0 Å². The number of carbonyl (C=O) groups excluding carboxylic acids is 1. The molecule has 0 aromatic heterocycles. The monoisotopic (exact) mass is 358 g/mol. The van der Waals surface area contributed by atoms with Crippen LogP contribution in [-0.2, 0) is 4.79 Å². The smallest absolute Gasteiger partial charge is 0.218 e. The molecular weight excluding hydrogens is 334 g/mol. The Kier molecular flexibility index (Phi) is 6.64. The minimum absolute atomic E-state index is 0.0926. The van der Waals surface area contributed by atoms with Crippen LogP contribution in [0.15, 0.2) is 54.6 Å². The van der Waals surface area contributed by atoms with E-state index in [2.05, 4.69) is 4.90 Å². The molecule has 1 heterocycles. The lowest BCUT2D eigenvalue weighted by molar-refractivity contribution is -0.126. The van der Waals surface area contributed by atoms with Gasteiger partial charge in [-0.2, -0.15) is 0 Å². The van der Waals surface area contributed by atoms with E-state index in [1.165, 1.54) is 24.0 Å². The molecule has 138 valence electrons. The van der Waals surface area contributed by atoms with E-state index in [-0.39, 0.29) is 17.8 Å². The maximum absolute atomic E-state index is 13.9. The Bertz CT molecular complexity index is 788. The van der Waals surface area contributed by atoms with Crippen molar-refractivity contribution >= 4 is 11.5 Å². The van der Waals surface area contributed by atoms with Crippen molar-refractivity contribution in [1.82, 2.24) is 9.80 Å². The zero-order valence-electron chi connectivity index (χ0n) is 15.5. The number of hydrogen-bond donors (Lipinski definition) is 0. The van der Waals surface area contributed by atoms with Crippen molar-refractivity contribution < 1.29 is 13.6 Å². The summed E-state index contributed by atoms with van der Waals surface area (Å²) in [7, 11) is 5.43. The Labute approximate surface area is 153 Å². The molecule has 5 heteroatoms. The number of rotatable bonds is 2. The second-order valence-electron chi connectivity index (χ2n) is 6.50. The van der Waals surface area contributed by atoms with Crippen LogP contribution in [-0.4, -0.2) is 43.4 Å². The van der Waals surface area contributed by atoms with Crippen LogP contribution >= 0.6 is 0 Å². The molecule has 0 spiro atoms. The van der Waals surface area contributed by atoms with E-state index in [0.29, 0.717) is 12.1 Å². The first-order valence-corrected chi connectivity index (χ1v) is 8.38. The van der Waals surface area contributed by atoms with Crippen LogP contribution < -0.4 is 0 Å². The predicted octanol–water partition coefficient (Wildman–Crippen LogP) is 4.13. The van der Waals surface area contributed by atoms with Crippen LogP contribution in [0.2, 0.25) is 0 Å². The Morgan fingerprint density at radius 3 is 2.31 bits per heavy atom. The van der Waals surface area contributed by atoms with Crippen LogP contribution in [0.5, 0.6) is 0 Å². The van der Waals surface area contributed by atoms with Gasteiger partial charge in [0.1, 0.15) is 11.6 Å². The van der Waals surface area contributed by atoms with E-state index in [1.54, 1.807) is 14.1 Å². The Morgan fingerprint density at radius 1 is 1.12 bits per heavy atom. The average molecular weight is 358 g/mol. The second kappa shape index (κ2) is 8.72. The third-order valence-electron chi connectivity index (χ3n) is 4.30. The number of amides is 1. The first-order valence-electron chi connectivity index (χ1n) is 8.38. The number of benzene rings is 2. The van der Waals surface area contributed by atoms with E-state index in [1.807, 2.05) is 43.5 Å². The fourth-order valence-corrected chi connectivity index (χ4v) is 2.66. The van der Waals surface area contributed by atoms with Crippen molar-refractivity contribution in [2.45, 2.75) is 13.0 Å². The van der Waals surface area contributed by atoms with Gasteiger partial charge in [0.15, 0.2) is 0 Å². The molecule has 0 saturated heterocycles. The van der Waals surface area contributed by atoms with Gasteiger partial charge >= 0.3 is 0 Å². The first-order chi connectivity index (χ1) is 12.3. The van der Waals surface area contributed by atoms with E-state index in [4.69, 9.17) is 0 Å². The number of hydrogen-bond acceptors (Lipinski definition) is 2. The quantitative estimate of drug-likeness (QED) is 0.806.